The summed E-state index contributed by atoms with van der Waals surface area (Å²) in [5.41, 5.74) is 0. The average molecular weight is 333 g/mol. The molecule has 1 aliphatic rings. The van der Waals surface area contributed by atoms with Gasteiger partial charge in [-0.25, -0.2) is 4.98 Å². The lowest BCUT2D eigenvalue weighted by Gasteiger charge is -2.41. The smallest absolute Gasteiger partial charge is 0.147 e. The summed E-state index contributed by atoms with van der Waals surface area (Å²) in [5.74, 6) is 0.909. The number of pyridine rings is 1. The molecule has 18 heavy (non-hydrogen) atoms. The van der Waals surface area contributed by atoms with Crippen molar-refractivity contribution in [3.8, 4) is 0 Å². The Morgan fingerprint density at radius 3 is 2.89 bits per heavy atom. The molecule has 0 spiro atoms. The monoisotopic (exact) mass is 331 g/mol. The number of rotatable bonds is 3. The van der Waals surface area contributed by atoms with Gasteiger partial charge in [0.2, 0.25) is 0 Å². The summed E-state index contributed by atoms with van der Waals surface area (Å²) < 4.78 is 0.923. The summed E-state index contributed by atoms with van der Waals surface area (Å²) in [4.78, 5) is 6.83. The third-order valence-electron chi connectivity index (χ3n) is 3.52. The van der Waals surface area contributed by atoms with Gasteiger partial charge in [0.05, 0.1) is 5.02 Å². The van der Waals surface area contributed by atoms with Crippen LogP contribution in [0.1, 0.15) is 26.7 Å². The molecule has 0 amide bonds. The van der Waals surface area contributed by atoms with E-state index in [9.17, 15) is 0 Å². The SMILES string of the molecule is CCC1CN(c2ncc(Br)cc2Cl)C(CC)CN1. The van der Waals surface area contributed by atoms with Crippen molar-refractivity contribution in [1.82, 2.24) is 10.3 Å². The fourth-order valence-electron chi connectivity index (χ4n) is 2.38. The van der Waals surface area contributed by atoms with Gasteiger partial charge in [-0.1, -0.05) is 25.4 Å². The molecule has 5 heteroatoms. The zero-order valence-electron chi connectivity index (χ0n) is 10.8. The number of halogens is 2. The standard InChI is InChI=1S/C13H19BrClN3/c1-3-10-8-18(11(4-2)7-16-10)13-12(15)5-9(14)6-17-13/h5-6,10-11,16H,3-4,7-8H2,1-2H3. The lowest BCUT2D eigenvalue weighted by Crippen LogP contribution is -2.56. The minimum atomic E-state index is 0.471. The maximum atomic E-state index is 6.32. The van der Waals surface area contributed by atoms with E-state index >= 15 is 0 Å². The van der Waals surface area contributed by atoms with Crippen LogP contribution in [0, 0.1) is 0 Å². The second-order valence-electron chi connectivity index (χ2n) is 4.69. The Morgan fingerprint density at radius 1 is 1.50 bits per heavy atom. The highest BCUT2D eigenvalue weighted by Gasteiger charge is 2.28. The lowest BCUT2D eigenvalue weighted by molar-refractivity contribution is 0.377. The van der Waals surface area contributed by atoms with E-state index < -0.39 is 0 Å². The average Bonchev–Trinajstić information content (AvgIpc) is 2.38. The topological polar surface area (TPSA) is 28.2 Å². The zero-order chi connectivity index (χ0) is 13.1. The minimum Gasteiger partial charge on any atom is -0.350 e. The minimum absolute atomic E-state index is 0.471. The molecular weight excluding hydrogens is 314 g/mol. The van der Waals surface area contributed by atoms with E-state index in [1.54, 1.807) is 0 Å². The maximum Gasteiger partial charge on any atom is 0.147 e. The van der Waals surface area contributed by atoms with Crippen LogP contribution in [0.5, 0.6) is 0 Å². The van der Waals surface area contributed by atoms with Gasteiger partial charge >= 0.3 is 0 Å². The van der Waals surface area contributed by atoms with E-state index in [1.165, 1.54) is 0 Å². The highest BCUT2D eigenvalue weighted by molar-refractivity contribution is 9.10. The predicted molar refractivity (Wildman–Crippen MR) is 80.5 cm³/mol. The van der Waals surface area contributed by atoms with Gasteiger partial charge in [-0.3, -0.25) is 0 Å². The molecule has 0 aromatic carbocycles. The summed E-state index contributed by atoms with van der Waals surface area (Å²) in [5, 5.41) is 4.30. The highest BCUT2D eigenvalue weighted by Crippen LogP contribution is 2.29. The molecule has 0 radical (unpaired) electrons. The molecule has 2 unspecified atom stereocenters. The van der Waals surface area contributed by atoms with Crippen molar-refractivity contribution in [2.24, 2.45) is 0 Å². The second kappa shape index (κ2) is 6.22. The fourth-order valence-corrected chi connectivity index (χ4v) is 3.12. The lowest BCUT2D eigenvalue weighted by atomic mass is 10.1. The molecule has 1 N–H and O–H groups in total. The number of anilines is 1. The number of hydrogen-bond acceptors (Lipinski definition) is 3. The summed E-state index contributed by atoms with van der Waals surface area (Å²) >= 11 is 9.72. The van der Waals surface area contributed by atoms with Crippen LogP contribution in [0.2, 0.25) is 5.02 Å². The quantitative estimate of drug-likeness (QED) is 0.918. The maximum absolute atomic E-state index is 6.32. The van der Waals surface area contributed by atoms with Gasteiger partial charge < -0.3 is 10.2 Å². The molecule has 3 nitrogen and oxygen atoms in total. The van der Waals surface area contributed by atoms with E-state index in [2.05, 4.69) is 45.0 Å². The largest absolute Gasteiger partial charge is 0.350 e. The van der Waals surface area contributed by atoms with E-state index in [-0.39, 0.29) is 0 Å². The van der Waals surface area contributed by atoms with Crippen LogP contribution in [0.4, 0.5) is 5.82 Å². The number of nitrogens with one attached hydrogen (secondary N) is 1. The molecule has 2 rings (SSSR count). The van der Waals surface area contributed by atoms with Crippen molar-refractivity contribution in [3.63, 3.8) is 0 Å². The Labute approximate surface area is 122 Å². The van der Waals surface area contributed by atoms with Crippen LogP contribution < -0.4 is 10.2 Å². The summed E-state index contributed by atoms with van der Waals surface area (Å²) in [6.07, 6.45) is 4.04. The van der Waals surface area contributed by atoms with Crippen molar-refractivity contribution < 1.29 is 0 Å². The summed E-state index contributed by atoms with van der Waals surface area (Å²) in [6.45, 7) is 6.39. The number of piperazine rings is 1. The highest BCUT2D eigenvalue weighted by atomic mass is 79.9. The fraction of sp³-hybridized carbons (Fsp3) is 0.615. The molecule has 1 fully saturated rings. The molecule has 0 aliphatic carbocycles. The predicted octanol–water partition coefficient (Wildman–Crippen LogP) is 3.46. The first-order valence-electron chi connectivity index (χ1n) is 6.46. The van der Waals surface area contributed by atoms with E-state index in [0.29, 0.717) is 12.1 Å². The van der Waals surface area contributed by atoms with Crippen LogP contribution >= 0.6 is 27.5 Å². The first-order chi connectivity index (χ1) is 8.65. The molecule has 0 saturated carbocycles. The van der Waals surface area contributed by atoms with Crippen LogP contribution in [-0.4, -0.2) is 30.2 Å². The Morgan fingerprint density at radius 2 is 2.28 bits per heavy atom. The van der Waals surface area contributed by atoms with Crippen molar-refractivity contribution in [3.05, 3.63) is 21.8 Å². The van der Waals surface area contributed by atoms with Gasteiger partial charge in [-0.2, -0.15) is 0 Å². The molecule has 1 aliphatic heterocycles. The number of nitrogens with zero attached hydrogens (tertiary/aromatic N) is 2. The molecule has 1 aromatic heterocycles. The van der Waals surface area contributed by atoms with Gasteiger partial charge in [0.25, 0.3) is 0 Å². The molecule has 100 valence electrons. The third-order valence-corrected chi connectivity index (χ3v) is 4.24. The normalized spacial score (nSPS) is 24.3. The van der Waals surface area contributed by atoms with Crippen molar-refractivity contribution in [1.29, 1.82) is 0 Å². The summed E-state index contributed by atoms with van der Waals surface area (Å²) in [7, 11) is 0. The Balaban J connectivity index is 2.26. The van der Waals surface area contributed by atoms with Gasteiger partial charge in [0, 0.05) is 35.8 Å². The van der Waals surface area contributed by atoms with E-state index in [0.717, 1.165) is 41.2 Å². The number of hydrogen-bond donors (Lipinski definition) is 1. The zero-order valence-corrected chi connectivity index (χ0v) is 13.1. The van der Waals surface area contributed by atoms with Gasteiger partial charge in [0.15, 0.2) is 0 Å². The van der Waals surface area contributed by atoms with E-state index in [1.807, 2.05) is 12.3 Å². The first kappa shape index (κ1) is 14.1. The molecule has 1 aromatic rings. The molecular formula is C13H19BrClN3. The van der Waals surface area contributed by atoms with Gasteiger partial charge in [-0.15, -0.1) is 0 Å². The van der Waals surface area contributed by atoms with Crippen LogP contribution in [-0.2, 0) is 0 Å². The van der Waals surface area contributed by atoms with Crippen molar-refractivity contribution in [2.45, 2.75) is 38.8 Å². The Hall–Kier alpha value is -0.320. The van der Waals surface area contributed by atoms with Crippen LogP contribution in [0.3, 0.4) is 0 Å². The number of aromatic nitrogens is 1. The molecule has 0 bridgehead atoms. The molecule has 2 heterocycles. The first-order valence-corrected chi connectivity index (χ1v) is 7.63. The second-order valence-corrected chi connectivity index (χ2v) is 6.01. The van der Waals surface area contributed by atoms with Crippen LogP contribution in [0.25, 0.3) is 0 Å². The van der Waals surface area contributed by atoms with Crippen LogP contribution in [0.15, 0.2) is 16.7 Å². The van der Waals surface area contributed by atoms with Crippen molar-refractivity contribution >= 4 is 33.3 Å². The summed E-state index contributed by atoms with van der Waals surface area (Å²) in [6, 6.07) is 2.91. The molecule has 1 saturated heterocycles. The Bertz CT molecular complexity index is 413. The van der Waals surface area contributed by atoms with E-state index in [4.69, 9.17) is 11.6 Å². The molecule has 2 atom stereocenters. The Kier molecular flexibility index (Phi) is 4.87. The van der Waals surface area contributed by atoms with Gasteiger partial charge in [-0.05, 0) is 34.8 Å². The third kappa shape index (κ3) is 2.98. The van der Waals surface area contributed by atoms with Crippen molar-refractivity contribution in [2.75, 3.05) is 18.0 Å². The van der Waals surface area contributed by atoms with Gasteiger partial charge in [0.1, 0.15) is 5.82 Å².